The zero-order chi connectivity index (χ0) is 15.2. The molecule has 2 aliphatic heterocycles. The molecule has 0 aromatic heterocycles. The van der Waals surface area contributed by atoms with Crippen molar-refractivity contribution in [3.8, 4) is 0 Å². The molecule has 6 nitrogen and oxygen atoms in total. The van der Waals surface area contributed by atoms with E-state index in [1.54, 1.807) is 6.92 Å². The standard InChI is InChI=1S/C15H28N4O2/c1-13(20)17-8-10-18(11-9-17)15(21)12-19-7-3-2-4-14(19)5-6-16/h14H,2-12,16H2,1H3. The Bertz CT molecular complexity index is 365. The number of likely N-dealkylation sites (tertiary alicyclic amines) is 1. The quantitative estimate of drug-likeness (QED) is 0.785. The van der Waals surface area contributed by atoms with Crippen LogP contribution in [-0.4, -0.2) is 78.4 Å². The Morgan fingerprint density at radius 2 is 1.71 bits per heavy atom. The topological polar surface area (TPSA) is 69.9 Å². The number of carbonyl (C=O) groups excluding carboxylic acids is 2. The van der Waals surface area contributed by atoms with E-state index in [4.69, 9.17) is 5.73 Å². The molecule has 2 fully saturated rings. The first-order valence-electron chi connectivity index (χ1n) is 8.09. The van der Waals surface area contributed by atoms with Gasteiger partial charge in [0.15, 0.2) is 0 Å². The molecule has 0 aromatic rings. The minimum atomic E-state index is 0.0983. The molecule has 1 atom stereocenters. The molecule has 0 aliphatic carbocycles. The highest BCUT2D eigenvalue weighted by molar-refractivity contribution is 5.79. The molecule has 2 heterocycles. The van der Waals surface area contributed by atoms with Gasteiger partial charge >= 0.3 is 0 Å². The third-order valence-electron chi connectivity index (χ3n) is 4.67. The number of carbonyl (C=O) groups is 2. The number of amides is 2. The minimum Gasteiger partial charge on any atom is -0.339 e. The van der Waals surface area contributed by atoms with E-state index in [1.807, 2.05) is 9.80 Å². The second-order valence-electron chi connectivity index (χ2n) is 6.08. The summed E-state index contributed by atoms with van der Waals surface area (Å²) in [6.45, 7) is 6.42. The van der Waals surface area contributed by atoms with Crippen molar-refractivity contribution in [2.75, 3.05) is 45.8 Å². The van der Waals surface area contributed by atoms with E-state index in [0.29, 0.717) is 45.3 Å². The molecule has 2 amide bonds. The van der Waals surface area contributed by atoms with Crippen LogP contribution in [0.4, 0.5) is 0 Å². The molecule has 0 bridgehead atoms. The Labute approximate surface area is 127 Å². The summed E-state index contributed by atoms with van der Waals surface area (Å²) in [5.74, 6) is 0.295. The van der Waals surface area contributed by atoms with Gasteiger partial charge in [-0.2, -0.15) is 0 Å². The molecule has 21 heavy (non-hydrogen) atoms. The summed E-state index contributed by atoms with van der Waals surface area (Å²) < 4.78 is 0. The Hall–Kier alpha value is -1.14. The van der Waals surface area contributed by atoms with Crippen LogP contribution in [0.3, 0.4) is 0 Å². The average molecular weight is 296 g/mol. The molecule has 0 aromatic carbocycles. The highest BCUT2D eigenvalue weighted by Crippen LogP contribution is 2.19. The second-order valence-corrected chi connectivity index (χ2v) is 6.08. The Morgan fingerprint density at radius 3 is 2.33 bits per heavy atom. The number of hydrogen-bond donors (Lipinski definition) is 1. The molecule has 1 unspecified atom stereocenters. The fraction of sp³-hybridized carbons (Fsp3) is 0.867. The van der Waals surface area contributed by atoms with Crippen molar-refractivity contribution in [2.45, 2.75) is 38.6 Å². The van der Waals surface area contributed by atoms with Gasteiger partial charge in [-0.1, -0.05) is 6.42 Å². The van der Waals surface area contributed by atoms with E-state index < -0.39 is 0 Å². The van der Waals surface area contributed by atoms with Crippen molar-refractivity contribution in [3.63, 3.8) is 0 Å². The van der Waals surface area contributed by atoms with Crippen molar-refractivity contribution >= 4 is 11.8 Å². The van der Waals surface area contributed by atoms with Crippen molar-refractivity contribution in [1.29, 1.82) is 0 Å². The predicted molar refractivity (Wildman–Crippen MR) is 81.7 cm³/mol. The van der Waals surface area contributed by atoms with Gasteiger partial charge in [0, 0.05) is 39.1 Å². The van der Waals surface area contributed by atoms with E-state index in [9.17, 15) is 9.59 Å². The molecule has 2 saturated heterocycles. The predicted octanol–water partition coefficient (Wildman–Crippen LogP) is -0.120. The summed E-state index contributed by atoms with van der Waals surface area (Å²) in [7, 11) is 0. The van der Waals surface area contributed by atoms with Gasteiger partial charge in [-0.3, -0.25) is 14.5 Å². The largest absolute Gasteiger partial charge is 0.339 e. The lowest BCUT2D eigenvalue weighted by atomic mass is 9.99. The van der Waals surface area contributed by atoms with E-state index in [1.165, 1.54) is 12.8 Å². The second kappa shape index (κ2) is 7.75. The Balaban J connectivity index is 1.82. The molecule has 2 N–H and O–H groups in total. The summed E-state index contributed by atoms with van der Waals surface area (Å²) in [6, 6.07) is 0.464. The van der Waals surface area contributed by atoms with E-state index in [-0.39, 0.29) is 11.8 Å². The van der Waals surface area contributed by atoms with Gasteiger partial charge < -0.3 is 15.5 Å². The zero-order valence-corrected chi connectivity index (χ0v) is 13.1. The molecule has 6 heteroatoms. The van der Waals surface area contributed by atoms with Gasteiger partial charge in [-0.05, 0) is 32.4 Å². The fourth-order valence-corrected chi connectivity index (χ4v) is 3.33. The normalized spacial score (nSPS) is 24.2. The lowest BCUT2D eigenvalue weighted by molar-refractivity contribution is -0.139. The highest BCUT2D eigenvalue weighted by Gasteiger charge is 2.27. The van der Waals surface area contributed by atoms with Gasteiger partial charge in [0.2, 0.25) is 11.8 Å². The van der Waals surface area contributed by atoms with Crippen LogP contribution in [0.25, 0.3) is 0 Å². The van der Waals surface area contributed by atoms with Gasteiger partial charge in [-0.25, -0.2) is 0 Å². The third kappa shape index (κ3) is 4.41. The summed E-state index contributed by atoms with van der Waals surface area (Å²) in [6.07, 6.45) is 4.55. The van der Waals surface area contributed by atoms with Gasteiger partial charge in [0.05, 0.1) is 6.54 Å². The smallest absolute Gasteiger partial charge is 0.236 e. The van der Waals surface area contributed by atoms with Crippen LogP contribution in [0.1, 0.15) is 32.6 Å². The van der Waals surface area contributed by atoms with Crippen molar-refractivity contribution in [2.24, 2.45) is 5.73 Å². The van der Waals surface area contributed by atoms with E-state index >= 15 is 0 Å². The fourth-order valence-electron chi connectivity index (χ4n) is 3.33. The first-order valence-corrected chi connectivity index (χ1v) is 8.09. The average Bonchev–Trinajstić information content (AvgIpc) is 2.49. The van der Waals surface area contributed by atoms with Crippen LogP contribution >= 0.6 is 0 Å². The van der Waals surface area contributed by atoms with Crippen LogP contribution in [0.2, 0.25) is 0 Å². The maximum Gasteiger partial charge on any atom is 0.236 e. The van der Waals surface area contributed by atoms with E-state index in [0.717, 1.165) is 19.4 Å². The molecule has 2 rings (SSSR count). The maximum atomic E-state index is 12.4. The number of rotatable bonds is 4. The summed E-state index contributed by atoms with van der Waals surface area (Å²) in [4.78, 5) is 29.8. The van der Waals surface area contributed by atoms with Gasteiger partial charge in [0.25, 0.3) is 0 Å². The van der Waals surface area contributed by atoms with Gasteiger partial charge in [0.1, 0.15) is 0 Å². The number of piperazine rings is 1. The lowest BCUT2D eigenvalue weighted by Gasteiger charge is -2.38. The maximum absolute atomic E-state index is 12.4. The number of nitrogens with zero attached hydrogens (tertiary/aromatic N) is 3. The number of hydrogen-bond acceptors (Lipinski definition) is 4. The molecular formula is C15H28N4O2. The minimum absolute atomic E-state index is 0.0983. The van der Waals surface area contributed by atoms with Crippen molar-refractivity contribution in [3.05, 3.63) is 0 Å². The van der Waals surface area contributed by atoms with Crippen LogP contribution in [-0.2, 0) is 9.59 Å². The summed E-state index contributed by atoms with van der Waals surface area (Å²) in [5.41, 5.74) is 5.68. The summed E-state index contributed by atoms with van der Waals surface area (Å²) >= 11 is 0. The first-order chi connectivity index (χ1) is 10.1. The van der Waals surface area contributed by atoms with Crippen LogP contribution in [0, 0.1) is 0 Å². The summed E-state index contributed by atoms with van der Waals surface area (Å²) in [5, 5.41) is 0. The van der Waals surface area contributed by atoms with E-state index in [2.05, 4.69) is 4.90 Å². The monoisotopic (exact) mass is 296 g/mol. The molecule has 0 radical (unpaired) electrons. The zero-order valence-electron chi connectivity index (χ0n) is 13.1. The molecule has 0 spiro atoms. The van der Waals surface area contributed by atoms with Crippen molar-refractivity contribution in [1.82, 2.24) is 14.7 Å². The SMILES string of the molecule is CC(=O)N1CCN(C(=O)CN2CCCCC2CCN)CC1. The van der Waals surface area contributed by atoms with Crippen molar-refractivity contribution < 1.29 is 9.59 Å². The molecular weight excluding hydrogens is 268 g/mol. The number of piperidine rings is 1. The highest BCUT2D eigenvalue weighted by atomic mass is 16.2. The lowest BCUT2D eigenvalue weighted by Crippen LogP contribution is -2.53. The third-order valence-corrected chi connectivity index (χ3v) is 4.67. The molecule has 120 valence electrons. The molecule has 0 saturated carbocycles. The van der Waals surface area contributed by atoms with Crippen LogP contribution in [0.15, 0.2) is 0 Å². The van der Waals surface area contributed by atoms with Crippen LogP contribution < -0.4 is 5.73 Å². The van der Waals surface area contributed by atoms with Crippen LogP contribution in [0.5, 0.6) is 0 Å². The number of nitrogens with two attached hydrogens (primary N) is 1. The Kier molecular flexibility index (Phi) is 5.99. The Morgan fingerprint density at radius 1 is 1.05 bits per heavy atom. The molecule has 2 aliphatic rings. The first kappa shape index (κ1) is 16.2. The van der Waals surface area contributed by atoms with Gasteiger partial charge in [-0.15, -0.1) is 0 Å².